The van der Waals surface area contributed by atoms with Gasteiger partial charge in [-0.1, -0.05) is 15.9 Å². The van der Waals surface area contributed by atoms with E-state index in [0.29, 0.717) is 11.5 Å². The van der Waals surface area contributed by atoms with Gasteiger partial charge in [0.25, 0.3) is 5.91 Å². The Kier molecular flexibility index (Phi) is 4.78. The molecule has 4 heteroatoms. The van der Waals surface area contributed by atoms with Gasteiger partial charge in [-0.15, -0.1) is 0 Å². The maximum Gasteiger partial charge on any atom is 0.251 e. The van der Waals surface area contributed by atoms with Gasteiger partial charge < -0.3 is 10.4 Å². The number of halogens is 1. The van der Waals surface area contributed by atoms with E-state index in [4.69, 9.17) is 5.11 Å². The Bertz CT molecular complexity index is 397. The summed E-state index contributed by atoms with van der Waals surface area (Å²) < 4.78 is 0.975. The molecule has 0 bridgehead atoms. The van der Waals surface area contributed by atoms with Crippen molar-refractivity contribution < 1.29 is 9.90 Å². The van der Waals surface area contributed by atoms with Crippen LogP contribution in [0.25, 0.3) is 0 Å². The summed E-state index contributed by atoms with van der Waals surface area (Å²) in [6.45, 7) is 0.271. The van der Waals surface area contributed by atoms with Crippen molar-refractivity contribution in [1.29, 1.82) is 0 Å². The molecule has 1 aromatic rings. The van der Waals surface area contributed by atoms with Crippen molar-refractivity contribution >= 4 is 21.8 Å². The molecule has 0 aromatic heterocycles. The van der Waals surface area contributed by atoms with E-state index in [1.54, 1.807) is 0 Å². The molecule has 3 nitrogen and oxygen atoms in total. The van der Waals surface area contributed by atoms with Crippen LogP contribution >= 0.6 is 15.9 Å². The van der Waals surface area contributed by atoms with Gasteiger partial charge in [-0.3, -0.25) is 4.79 Å². The zero-order valence-electron chi connectivity index (χ0n) is 10.2. The normalized spacial score (nSPS) is 23.7. The Morgan fingerprint density at radius 3 is 2.39 bits per heavy atom. The summed E-state index contributed by atoms with van der Waals surface area (Å²) in [5.74, 6) is 0.417. The third kappa shape index (κ3) is 3.56. The summed E-state index contributed by atoms with van der Waals surface area (Å²) in [5, 5.41) is 12.1. The van der Waals surface area contributed by atoms with Crippen molar-refractivity contribution in [2.45, 2.75) is 31.7 Å². The van der Waals surface area contributed by atoms with Crippen molar-refractivity contribution in [1.82, 2.24) is 5.32 Å². The lowest BCUT2D eigenvalue weighted by Gasteiger charge is -2.27. The number of hydrogen-bond donors (Lipinski definition) is 2. The highest BCUT2D eigenvalue weighted by Gasteiger charge is 2.22. The third-order valence-electron chi connectivity index (χ3n) is 3.55. The number of benzene rings is 1. The smallest absolute Gasteiger partial charge is 0.251 e. The molecule has 2 rings (SSSR count). The zero-order valence-corrected chi connectivity index (χ0v) is 11.8. The van der Waals surface area contributed by atoms with Gasteiger partial charge in [0.15, 0.2) is 0 Å². The number of nitrogens with one attached hydrogen (secondary N) is 1. The van der Waals surface area contributed by atoms with Crippen LogP contribution in [0.15, 0.2) is 28.7 Å². The summed E-state index contributed by atoms with van der Waals surface area (Å²) in [5.41, 5.74) is 0.697. The molecular formula is C14H18BrNO2. The summed E-state index contributed by atoms with van der Waals surface area (Å²) in [6, 6.07) is 7.64. The lowest BCUT2D eigenvalue weighted by molar-refractivity contribution is 0.0914. The van der Waals surface area contributed by atoms with Crippen LogP contribution in [0.4, 0.5) is 0 Å². The number of carbonyl (C=O) groups excluding carboxylic acids is 1. The molecule has 0 heterocycles. The summed E-state index contributed by atoms with van der Waals surface area (Å²) in [4.78, 5) is 12.0. The first kappa shape index (κ1) is 13.6. The van der Waals surface area contributed by atoms with E-state index in [1.807, 2.05) is 24.3 Å². The van der Waals surface area contributed by atoms with E-state index >= 15 is 0 Å². The molecule has 1 aliphatic carbocycles. The molecule has 98 valence electrons. The minimum atomic E-state index is -0.00468. The number of hydrogen-bond acceptors (Lipinski definition) is 2. The molecule has 1 amide bonds. The fourth-order valence-corrected chi connectivity index (χ4v) is 2.62. The second-order valence-corrected chi connectivity index (χ2v) is 5.80. The van der Waals surface area contributed by atoms with Crippen LogP contribution in [0.3, 0.4) is 0 Å². The summed E-state index contributed by atoms with van der Waals surface area (Å²) >= 11 is 3.35. The van der Waals surface area contributed by atoms with Gasteiger partial charge in [-0.25, -0.2) is 0 Å². The van der Waals surface area contributed by atoms with Crippen LogP contribution in [0.2, 0.25) is 0 Å². The standard InChI is InChI=1S/C14H18BrNO2/c15-12-5-3-11(4-6-12)14(18)16-13-7-1-10(9-17)2-8-13/h3-6,10,13,17H,1-2,7-9H2,(H,16,18). The molecule has 0 aliphatic heterocycles. The molecule has 0 unspecified atom stereocenters. The number of carbonyl (C=O) groups is 1. The van der Waals surface area contributed by atoms with Gasteiger partial charge in [-0.2, -0.15) is 0 Å². The predicted molar refractivity (Wildman–Crippen MR) is 74.4 cm³/mol. The first-order chi connectivity index (χ1) is 8.69. The summed E-state index contributed by atoms with van der Waals surface area (Å²) in [7, 11) is 0. The maximum absolute atomic E-state index is 12.0. The molecule has 1 aliphatic rings. The lowest BCUT2D eigenvalue weighted by atomic mass is 9.86. The summed E-state index contributed by atoms with van der Waals surface area (Å²) in [6.07, 6.45) is 3.94. The van der Waals surface area contributed by atoms with Crippen LogP contribution in [-0.4, -0.2) is 23.7 Å². The van der Waals surface area contributed by atoms with E-state index in [9.17, 15) is 4.79 Å². The van der Waals surface area contributed by atoms with Crippen molar-refractivity contribution in [3.8, 4) is 0 Å². The highest BCUT2D eigenvalue weighted by Crippen LogP contribution is 2.24. The molecule has 0 radical (unpaired) electrons. The fourth-order valence-electron chi connectivity index (χ4n) is 2.36. The fraction of sp³-hybridized carbons (Fsp3) is 0.500. The molecule has 1 aromatic carbocycles. The Morgan fingerprint density at radius 2 is 1.83 bits per heavy atom. The van der Waals surface area contributed by atoms with Crippen LogP contribution in [-0.2, 0) is 0 Å². The topological polar surface area (TPSA) is 49.3 Å². The largest absolute Gasteiger partial charge is 0.396 e. The average molecular weight is 312 g/mol. The molecule has 18 heavy (non-hydrogen) atoms. The van der Waals surface area contributed by atoms with Crippen molar-refractivity contribution in [3.63, 3.8) is 0 Å². The van der Waals surface area contributed by atoms with Crippen molar-refractivity contribution in [3.05, 3.63) is 34.3 Å². The van der Waals surface area contributed by atoms with Gasteiger partial charge in [0.1, 0.15) is 0 Å². The van der Waals surface area contributed by atoms with Gasteiger partial charge in [-0.05, 0) is 55.9 Å². The van der Waals surface area contributed by atoms with Gasteiger partial charge >= 0.3 is 0 Å². The number of rotatable bonds is 3. The minimum absolute atomic E-state index is 0.00468. The first-order valence-electron chi connectivity index (χ1n) is 6.36. The molecule has 1 saturated carbocycles. The predicted octanol–water partition coefficient (Wildman–Crippen LogP) is 2.73. The molecule has 2 N–H and O–H groups in total. The SMILES string of the molecule is O=C(NC1CCC(CO)CC1)c1ccc(Br)cc1. The quantitative estimate of drug-likeness (QED) is 0.901. The monoisotopic (exact) mass is 311 g/mol. The molecule has 0 saturated heterocycles. The minimum Gasteiger partial charge on any atom is -0.396 e. The number of amides is 1. The van der Waals surface area contributed by atoms with Gasteiger partial charge in [0.2, 0.25) is 0 Å². The Hall–Kier alpha value is -0.870. The van der Waals surface area contributed by atoms with E-state index in [0.717, 1.165) is 30.2 Å². The van der Waals surface area contributed by atoms with Crippen LogP contribution in [0, 0.1) is 5.92 Å². The maximum atomic E-state index is 12.0. The van der Waals surface area contributed by atoms with Crippen LogP contribution in [0.1, 0.15) is 36.0 Å². The molecular weight excluding hydrogens is 294 g/mol. The van der Waals surface area contributed by atoms with E-state index < -0.39 is 0 Å². The second kappa shape index (κ2) is 6.34. The Labute approximate surface area is 116 Å². The van der Waals surface area contributed by atoms with E-state index in [1.165, 1.54) is 0 Å². The first-order valence-corrected chi connectivity index (χ1v) is 7.15. The van der Waals surface area contributed by atoms with Crippen molar-refractivity contribution in [2.75, 3.05) is 6.61 Å². The second-order valence-electron chi connectivity index (χ2n) is 4.88. The van der Waals surface area contributed by atoms with Crippen LogP contribution in [0.5, 0.6) is 0 Å². The Balaban J connectivity index is 1.86. The van der Waals surface area contributed by atoms with Gasteiger partial charge in [0.05, 0.1) is 0 Å². The zero-order chi connectivity index (χ0) is 13.0. The molecule has 0 spiro atoms. The average Bonchev–Trinajstić information content (AvgIpc) is 2.40. The Morgan fingerprint density at radius 1 is 1.22 bits per heavy atom. The van der Waals surface area contributed by atoms with E-state index in [2.05, 4.69) is 21.2 Å². The highest BCUT2D eigenvalue weighted by molar-refractivity contribution is 9.10. The van der Waals surface area contributed by atoms with E-state index in [-0.39, 0.29) is 18.6 Å². The van der Waals surface area contributed by atoms with Gasteiger partial charge in [0, 0.05) is 22.7 Å². The third-order valence-corrected chi connectivity index (χ3v) is 4.08. The molecule has 1 fully saturated rings. The molecule has 0 atom stereocenters. The number of aliphatic hydroxyl groups excluding tert-OH is 1. The number of aliphatic hydroxyl groups is 1. The van der Waals surface area contributed by atoms with Crippen LogP contribution < -0.4 is 5.32 Å². The van der Waals surface area contributed by atoms with Crippen molar-refractivity contribution in [2.24, 2.45) is 5.92 Å². The highest BCUT2D eigenvalue weighted by atomic mass is 79.9. The lowest BCUT2D eigenvalue weighted by Crippen LogP contribution is -2.38.